The number of pyridine rings is 2. The van der Waals surface area contributed by atoms with Gasteiger partial charge < -0.3 is 19.4 Å². The predicted octanol–water partition coefficient (Wildman–Crippen LogP) is 1.77. The quantitative estimate of drug-likeness (QED) is 0.726. The molecule has 0 aliphatic carbocycles. The minimum Gasteiger partial charge on any atom is -0.488 e. The van der Waals surface area contributed by atoms with Crippen LogP contribution in [0.25, 0.3) is 0 Å². The van der Waals surface area contributed by atoms with Gasteiger partial charge in [-0.15, -0.1) is 0 Å². The molecule has 0 radical (unpaired) electrons. The van der Waals surface area contributed by atoms with Gasteiger partial charge in [0.25, 0.3) is 5.91 Å². The Labute approximate surface area is 187 Å². The van der Waals surface area contributed by atoms with Gasteiger partial charge in [-0.2, -0.15) is 0 Å². The van der Waals surface area contributed by atoms with Crippen LogP contribution in [0.1, 0.15) is 34.9 Å². The lowest BCUT2D eigenvalue weighted by Gasteiger charge is -2.36. The first-order valence-corrected chi connectivity index (χ1v) is 10.9. The second-order valence-electron chi connectivity index (χ2n) is 8.41. The third-order valence-corrected chi connectivity index (χ3v) is 6.12. The molecule has 2 aromatic rings. The highest BCUT2D eigenvalue weighted by Crippen LogP contribution is 2.35. The van der Waals surface area contributed by atoms with Crippen LogP contribution in [-0.4, -0.2) is 84.6 Å². The fourth-order valence-electron chi connectivity index (χ4n) is 4.29. The number of rotatable bonds is 3. The van der Waals surface area contributed by atoms with E-state index >= 15 is 0 Å². The lowest BCUT2D eigenvalue weighted by atomic mass is 10.0. The number of likely N-dealkylation sites (tertiary alicyclic amines) is 1. The second-order valence-corrected chi connectivity index (χ2v) is 8.41. The molecule has 2 aliphatic heterocycles. The molecular weight excluding hydrogens is 408 g/mol. The third-order valence-electron chi connectivity index (χ3n) is 6.12. The lowest BCUT2D eigenvalue weighted by Crippen LogP contribution is -2.47. The molecule has 9 heteroatoms. The number of amides is 1. The average Bonchev–Trinajstić information content (AvgIpc) is 2.82. The van der Waals surface area contributed by atoms with E-state index in [1.807, 2.05) is 21.9 Å². The Kier molecular flexibility index (Phi) is 6.27. The highest BCUT2D eigenvalue weighted by Gasteiger charge is 2.28. The molecule has 0 bridgehead atoms. The van der Waals surface area contributed by atoms with Crippen molar-refractivity contribution in [2.75, 3.05) is 52.3 Å². The largest absolute Gasteiger partial charge is 0.488 e. The topological polar surface area (TPSA) is 83.3 Å². The van der Waals surface area contributed by atoms with Crippen LogP contribution in [0.4, 0.5) is 11.5 Å². The minimum absolute atomic E-state index is 0.0122. The van der Waals surface area contributed by atoms with E-state index in [0.717, 1.165) is 31.6 Å². The molecule has 1 atom stereocenters. The zero-order valence-corrected chi connectivity index (χ0v) is 19.1. The molecule has 4 heterocycles. The number of nitrogens with zero attached hydrogens (tertiary/aromatic N) is 6. The van der Waals surface area contributed by atoms with E-state index in [1.165, 1.54) is 11.5 Å². The summed E-state index contributed by atoms with van der Waals surface area (Å²) in [6.07, 6.45) is 5.44. The third kappa shape index (κ3) is 4.25. The first-order chi connectivity index (χ1) is 15.4. The van der Waals surface area contributed by atoms with Crippen molar-refractivity contribution < 1.29 is 14.3 Å². The van der Waals surface area contributed by atoms with E-state index in [1.54, 1.807) is 25.5 Å². The van der Waals surface area contributed by atoms with Gasteiger partial charge in [-0.25, -0.2) is 4.98 Å². The molecule has 170 valence electrons. The number of piperidine rings is 1. The van der Waals surface area contributed by atoms with E-state index in [0.29, 0.717) is 41.8 Å². The fourth-order valence-corrected chi connectivity index (χ4v) is 4.29. The fraction of sp³-hybridized carbons (Fsp3) is 0.478. The van der Waals surface area contributed by atoms with Gasteiger partial charge >= 0.3 is 0 Å². The van der Waals surface area contributed by atoms with E-state index in [-0.39, 0.29) is 11.8 Å². The van der Waals surface area contributed by atoms with Gasteiger partial charge in [0.1, 0.15) is 12.1 Å². The van der Waals surface area contributed by atoms with E-state index < -0.39 is 0 Å². The molecule has 0 spiro atoms. The van der Waals surface area contributed by atoms with Crippen molar-refractivity contribution in [1.82, 2.24) is 19.4 Å². The number of anilines is 2. The number of aromatic nitrogens is 2. The Morgan fingerprint density at radius 1 is 1.25 bits per heavy atom. The van der Waals surface area contributed by atoms with Gasteiger partial charge in [-0.3, -0.25) is 19.1 Å². The summed E-state index contributed by atoms with van der Waals surface area (Å²) < 4.78 is 7.36. The first kappa shape index (κ1) is 22.0. The Morgan fingerprint density at radius 3 is 2.78 bits per heavy atom. The van der Waals surface area contributed by atoms with Gasteiger partial charge in [0.05, 0.1) is 12.1 Å². The van der Waals surface area contributed by atoms with Crippen molar-refractivity contribution >= 4 is 23.3 Å². The number of hydrogen-bond donors (Lipinski definition) is 0. The van der Waals surface area contributed by atoms with Crippen LogP contribution in [0.2, 0.25) is 0 Å². The summed E-state index contributed by atoms with van der Waals surface area (Å²) in [5, 5.41) is 0. The number of carbonyl (C=O) groups is 2. The highest BCUT2D eigenvalue weighted by molar-refractivity contribution is 5.95. The highest BCUT2D eigenvalue weighted by atomic mass is 16.5. The maximum atomic E-state index is 13.1. The standard InChI is InChI=1S/C23H30N6O3/c1-16(30)28-9-7-18(13-21(28)24-2)29-10-11-32-20-12-17(14-25-22(20)29)23(31)27-8-5-6-19(15-27)26(3)4/h7,9,12-14,19H,5-6,8,10-11,15H2,1-4H3. The summed E-state index contributed by atoms with van der Waals surface area (Å²) in [5.41, 5.74) is 1.97. The van der Waals surface area contributed by atoms with Crippen LogP contribution >= 0.6 is 0 Å². The zero-order chi connectivity index (χ0) is 22.8. The Morgan fingerprint density at radius 2 is 2.06 bits per heavy atom. The van der Waals surface area contributed by atoms with Gasteiger partial charge in [0, 0.05) is 57.3 Å². The van der Waals surface area contributed by atoms with Crippen LogP contribution in [0.15, 0.2) is 35.6 Å². The summed E-state index contributed by atoms with van der Waals surface area (Å²) in [7, 11) is 5.77. The van der Waals surface area contributed by atoms with Gasteiger partial charge in [0.2, 0.25) is 5.91 Å². The average molecular weight is 439 g/mol. The van der Waals surface area contributed by atoms with Gasteiger partial charge in [0.15, 0.2) is 11.6 Å². The Hall–Kier alpha value is -3.20. The first-order valence-electron chi connectivity index (χ1n) is 10.9. The molecule has 1 saturated heterocycles. The van der Waals surface area contributed by atoms with Crippen molar-refractivity contribution in [1.29, 1.82) is 0 Å². The lowest BCUT2D eigenvalue weighted by molar-refractivity contribution is 0.0634. The summed E-state index contributed by atoms with van der Waals surface area (Å²) in [6, 6.07) is 5.88. The van der Waals surface area contributed by atoms with E-state index in [2.05, 4.69) is 29.0 Å². The molecular formula is C23H30N6O3. The molecule has 1 unspecified atom stereocenters. The molecule has 9 nitrogen and oxygen atoms in total. The maximum absolute atomic E-state index is 13.1. The molecule has 32 heavy (non-hydrogen) atoms. The van der Waals surface area contributed by atoms with E-state index in [4.69, 9.17) is 4.74 Å². The molecule has 1 amide bonds. The number of fused-ring (bicyclic) bond motifs is 1. The van der Waals surface area contributed by atoms with Crippen molar-refractivity contribution in [3.8, 4) is 5.75 Å². The summed E-state index contributed by atoms with van der Waals surface area (Å²) in [4.78, 5) is 39.9. The molecule has 1 fully saturated rings. The Balaban J connectivity index is 1.61. The van der Waals surface area contributed by atoms with Crippen LogP contribution in [0.5, 0.6) is 5.75 Å². The zero-order valence-electron chi connectivity index (χ0n) is 19.1. The smallest absolute Gasteiger partial charge is 0.255 e. The normalized spacial score (nSPS) is 19.0. The molecule has 2 aliphatic rings. The molecule has 0 N–H and O–H groups in total. The summed E-state index contributed by atoms with van der Waals surface area (Å²) >= 11 is 0. The minimum atomic E-state index is -0.102. The van der Waals surface area contributed by atoms with Crippen molar-refractivity contribution in [3.05, 3.63) is 41.6 Å². The summed E-state index contributed by atoms with van der Waals surface area (Å²) in [5.74, 6) is 1.12. The monoisotopic (exact) mass is 438 g/mol. The Bertz CT molecular complexity index is 1090. The SMILES string of the molecule is CN=c1cc(N2CCOc3cc(C(=O)N4CCCC(N(C)C)C4)cnc32)ccn1C(C)=O. The predicted molar refractivity (Wildman–Crippen MR) is 122 cm³/mol. The van der Waals surface area contributed by atoms with Crippen molar-refractivity contribution in [2.24, 2.45) is 4.99 Å². The molecule has 0 saturated carbocycles. The van der Waals surface area contributed by atoms with Crippen LogP contribution in [0, 0.1) is 0 Å². The van der Waals surface area contributed by atoms with Crippen LogP contribution in [-0.2, 0) is 0 Å². The second kappa shape index (κ2) is 9.12. The van der Waals surface area contributed by atoms with E-state index in [9.17, 15) is 9.59 Å². The van der Waals surface area contributed by atoms with Crippen LogP contribution < -0.4 is 15.1 Å². The molecule has 2 aromatic heterocycles. The number of hydrogen-bond acceptors (Lipinski definition) is 7. The van der Waals surface area contributed by atoms with Crippen molar-refractivity contribution in [3.63, 3.8) is 0 Å². The van der Waals surface area contributed by atoms with Crippen LogP contribution in [0.3, 0.4) is 0 Å². The van der Waals surface area contributed by atoms with Crippen molar-refractivity contribution in [2.45, 2.75) is 25.8 Å². The number of carbonyl (C=O) groups excluding carboxylic acids is 2. The molecule has 0 aromatic carbocycles. The molecule has 4 rings (SSSR count). The number of ether oxygens (including phenoxy) is 1. The van der Waals surface area contributed by atoms with Gasteiger partial charge in [-0.05, 0) is 39.1 Å². The maximum Gasteiger partial charge on any atom is 0.255 e. The summed E-state index contributed by atoms with van der Waals surface area (Å²) in [6.45, 7) is 4.06. The van der Waals surface area contributed by atoms with Gasteiger partial charge in [-0.1, -0.05) is 0 Å². The number of likely N-dealkylation sites (N-methyl/N-ethyl adjacent to an activating group) is 1.